The van der Waals surface area contributed by atoms with Crippen LogP contribution in [0.25, 0.3) is 16.9 Å². The molecule has 3 aliphatic rings. The lowest BCUT2D eigenvalue weighted by Gasteiger charge is -2.31. The highest BCUT2D eigenvalue weighted by molar-refractivity contribution is 6.07. The molecule has 0 radical (unpaired) electrons. The zero-order chi connectivity index (χ0) is 20.9. The molecule has 3 atom stereocenters. The molecular formula is C23H27N7O. The van der Waals surface area contributed by atoms with Crippen molar-refractivity contribution in [2.45, 2.75) is 57.0 Å². The average Bonchev–Trinajstić information content (AvgIpc) is 3.45. The molecule has 0 bridgehead atoms. The van der Waals surface area contributed by atoms with Gasteiger partial charge in [0.25, 0.3) is 5.91 Å². The molecule has 1 saturated heterocycles. The molecule has 8 heteroatoms. The molecule has 3 aromatic heterocycles. The van der Waals surface area contributed by atoms with E-state index < -0.39 is 0 Å². The van der Waals surface area contributed by atoms with Crippen molar-refractivity contribution in [3.8, 4) is 5.82 Å². The number of carbonyl (C=O) groups excluding carboxylic acids is 1. The number of hydrogen-bond donors (Lipinski definition) is 3. The predicted molar refractivity (Wildman–Crippen MR) is 117 cm³/mol. The summed E-state index contributed by atoms with van der Waals surface area (Å²) in [5, 5.41) is 8.86. The number of hydrazine groups is 1. The van der Waals surface area contributed by atoms with Crippen LogP contribution in [0.2, 0.25) is 0 Å². The monoisotopic (exact) mass is 417 g/mol. The minimum absolute atomic E-state index is 0.0136. The normalized spacial score (nSPS) is 25.5. The summed E-state index contributed by atoms with van der Waals surface area (Å²) in [5.41, 5.74) is 9.81. The Kier molecular flexibility index (Phi) is 4.50. The number of rotatable bonds is 4. The number of hydrogen-bond acceptors (Lipinski definition) is 6. The SMILES string of the molecule is Cc1nn(-c2ccccn2)c2nc(C3CC3)cc(C(=O)NC3CCC4NNCC4C3)c12. The van der Waals surface area contributed by atoms with Crippen LogP contribution in [-0.2, 0) is 0 Å². The fraction of sp³-hybridized carbons (Fsp3) is 0.478. The number of amides is 1. The molecule has 8 nitrogen and oxygen atoms in total. The van der Waals surface area contributed by atoms with Gasteiger partial charge in [-0.25, -0.2) is 9.97 Å². The van der Waals surface area contributed by atoms with Crippen molar-refractivity contribution in [1.29, 1.82) is 0 Å². The van der Waals surface area contributed by atoms with Gasteiger partial charge < -0.3 is 5.32 Å². The maximum Gasteiger partial charge on any atom is 0.252 e. The summed E-state index contributed by atoms with van der Waals surface area (Å²) in [5.74, 6) is 1.72. The van der Waals surface area contributed by atoms with E-state index in [2.05, 4.69) is 21.2 Å². The second-order valence-electron chi connectivity index (χ2n) is 9.13. The van der Waals surface area contributed by atoms with E-state index in [4.69, 9.17) is 10.1 Å². The Bertz CT molecular complexity index is 1140. The summed E-state index contributed by atoms with van der Waals surface area (Å²) < 4.78 is 1.77. The van der Waals surface area contributed by atoms with E-state index >= 15 is 0 Å². The number of aromatic nitrogens is 4. The van der Waals surface area contributed by atoms with Crippen LogP contribution in [0.5, 0.6) is 0 Å². The molecule has 4 heterocycles. The second kappa shape index (κ2) is 7.39. The molecule has 3 N–H and O–H groups in total. The Morgan fingerprint density at radius 1 is 1.23 bits per heavy atom. The van der Waals surface area contributed by atoms with Crippen molar-refractivity contribution in [2.24, 2.45) is 5.92 Å². The number of pyridine rings is 2. The van der Waals surface area contributed by atoms with E-state index in [9.17, 15) is 4.79 Å². The lowest BCUT2D eigenvalue weighted by atomic mass is 9.83. The number of carbonyl (C=O) groups is 1. The van der Waals surface area contributed by atoms with E-state index in [0.717, 1.165) is 61.1 Å². The Morgan fingerprint density at radius 2 is 2.13 bits per heavy atom. The molecule has 3 aromatic rings. The van der Waals surface area contributed by atoms with Gasteiger partial charge in [0.2, 0.25) is 0 Å². The van der Waals surface area contributed by atoms with Crippen molar-refractivity contribution in [2.75, 3.05) is 6.54 Å². The zero-order valence-corrected chi connectivity index (χ0v) is 17.6. The Morgan fingerprint density at radius 3 is 2.94 bits per heavy atom. The van der Waals surface area contributed by atoms with Gasteiger partial charge in [-0.2, -0.15) is 9.78 Å². The Balaban J connectivity index is 1.38. The van der Waals surface area contributed by atoms with Crippen LogP contribution in [0.3, 0.4) is 0 Å². The minimum Gasteiger partial charge on any atom is -0.349 e. The van der Waals surface area contributed by atoms with Gasteiger partial charge in [0.1, 0.15) is 0 Å². The van der Waals surface area contributed by atoms with Crippen LogP contribution in [0, 0.1) is 12.8 Å². The van der Waals surface area contributed by atoms with Crippen molar-refractivity contribution in [1.82, 2.24) is 35.9 Å². The molecule has 2 saturated carbocycles. The molecule has 6 rings (SSSR count). The molecule has 0 aromatic carbocycles. The number of nitrogens with one attached hydrogen (secondary N) is 3. The van der Waals surface area contributed by atoms with Gasteiger partial charge in [0, 0.05) is 36.4 Å². The van der Waals surface area contributed by atoms with Gasteiger partial charge in [-0.3, -0.25) is 15.6 Å². The molecule has 0 spiro atoms. The van der Waals surface area contributed by atoms with Gasteiger partial charge in [-0.1, -0.05) is 6.07 Å². The highest BCUT2D eigenvalue weighted by Crippen LogP contribution is 2.40. The molecule has 160 valence electrons. The number of aryl methyl sites for hydroxylation is 1. The topological polar surface area (TPSA) is 96.8 Å². The van der Waals surface area contributed by atoms with E-state index in [1.807, 2.05) is 31.2 Å². The third-order valence-corrected chi connectivity index (χ3v) is 6.91. The maximum absolute atomic E-state index is 13.5. The summed E-state index contributed by atoms with van der Waals surface area (Å²) in [6, 6.07) is 8.46. The first-order valence-corrected chi connectivity index (χ1v) is 11.3. The van der Waals surface area contributed by atoms with E-state index in [1.165, 1.54) is 0 Å². The molecule has 3 fully saturated rings. The summed E-state index contributed by atoms with van der Waals surface area (Å²) in [4.78, 5) is 22.9. The molecule has 1 amide bonds. The van der Waals surface area contributed by atoms with Crippen molar-refractivity contribution in [3.63, 3.8) is 0 Å². The van der Waals surface area contributed by atoms with Gasteiger partial charge in [0.15, 0.2) is 11.5 Å². The lowest BCUT2D eigenvalue weighted by Crippen LogP contribution is -2.44. The quantitative estimate of drug-likeness (QED) is 0.603. The highest BCUT2D eigenvalue weighted by Gasteiger charge is 2.35. The van der Waals surface area contributed by atoms with Crippen LogP contribution in [0.4, 0.5) is 0 Å². The fourth-order valence-corrected chi connectivity index (χ4v) is 5.11. The van der Waals surface area contributed by atoms with Crippen molar-refractivity contribution < 1.29 is 4.79 Å². The minimum atomic E-state index is -0.0136. The molecular weight excluding hydrogens is 390 g/mol. The van der Waals surface area contributed by atoms with Gasteiger partial charge >= 0.3 is 0 Å². The first-order chi connectivity index (χ1) is 15.2. The van der Waals surface area contributed by atoms with Crippen LogP contribution in [-0.4, -0.2) is 44.3 Å². The van der Waals surface area contributed by atoms with Gasteiger partial charge in [0.05, 0.1) is 16.6 Å². The van der Waals surface area contributed by atoms with Crippen molar-refractivity contribution >= 4 is 16.9 Å². The number of fused-ring (bicyclic) bond motifs is 2. The third-order valence-electron chi connectivity index (χ3n) is 6.91. The maximum atomic E-state index is 13.5. The Hall–Kier alpha value is -2.84. The first kappa shape index (κ1) is 18.9. The zero-order valence-electron chi connectivity index (χ0n) is 17.6. The Labute approximate surface area is 180 Å². The summed E-state index contributed by atoms with van der Waals surface area (Å²) >= 11 is 0. The van der Waals surface area contributed by atoms with Gasteiger partial charge in [-0.05, 0) is 63.1 Å². The van der Waals surface area contributed by atoms with Crippen LogP contribution >= 0.6 is 0 Å². The molecule has 31 heavy (non-hydrogen) atoms. The average molecular weight is 418 g/mol. The fourth-order valence-electron chi connectivity index (χ4n) is 5.11. The second-order valence-corrected chi connectivity index (χ2v) is 9.13. The standard InChI is InChI=1S/C23H27N7O/c1-13-21-17(23(31)26-16-7-8-18-15(10-16)12-25-28-18)11-19(14-5-6-14)27-22(21)30(29-13)20-4-2-3-9-24-20/h2-4,9,11,14-16,18,25,28H,5-8,10,12H2,1H3,(H,26,31). The largest absolute Gasteiger partial charge is 0.349 e. The third kappa shape index (κ3) is 3.40. The van der Waals surface area contributed by atoms with Crippen LogP contribution < -0.4 is 16.2 Å². The van der Waals surface area contributed by atoms with E-state index in [0.29, 0.717) is 29.3 Å². The smallest absolute Gasteiger partial charge is 0.252 e. The summed E-state index contributed by atoms with van der Waals surface area (Å²) in [6.07, 6.45) is 7.09. The molecule has 1 aliphatic heterocycles. The first-order valence-electron chi connectivity index (χ1n) is 11.3. The van der Waals surface area contributed by atoms with Crippen LogP contribution in [0.15, 0.2) is 30.5 Å². The van der Waals surface area contributed by atoms with E-state index in [-0.39, 0.29) is 11.9 Å². The predicted octanol–water partition coefficient (Wildman–Crippen LogP) is 2.38. The van der Waals surface area contributed by atoms with Crippen LogP contribution in [0.1, 0.15) is 59.8 Å². The van der Waals surface area contributed by atoms with E-state index in [1.54, 1.807) is 10.9 Å². The lowest BCUT2D eigenvalue weighted by molar-refractivity contribution is 0.0919. The summed E-state index contributed by atoms with van der Waals surface area (Å²) in [6.45, 7) is 2.91. The van der Waals surface area contributed by atoms with Gasteiger partial charge in [-0.15, -0.1) is 0 Å². The molecule has 2 aliphatic carbocycles. The molecule has 3 unspecified atom stereocenters. The van der Waals surface area contributed by atoms with Crippen molar-refractivity contribution in [3.05, 3.63) is 47.4 Å². The highest BCUT2D eigenvalue weighted by atomic mass is 16.1. The number of nitrogens with zero attached hydrogens (tertiary/aromatic N) is 4. The summed E-state index contributed by atoms with van der Waals surface area (Å²) in [7, 11) is 0.